The molecule has 0 bridgehead atoms. The van der Waals surface area contributed by atoms with Gasteiger partial charge in [0.25, 0.3) is 0 Å². The standard InChI is InChI=1S/C19H18F4N4/c1-11(2)27(24)17-10-25-18(14-9-12(20)7-8-16(14)26-17)13-5-3-4-6-15(13)19(21,22)23/h3-9,11H,10,24H2,1-2H3. The van der Waals surface area contributed by atoms with E-state index in [0.29, 0.717) is 11.5 Å². The summed E-state index contributed by atoms with van der Waals surface area (Å²) in [7, 11) is 0. The summed E-state index contributed by atoms with van der Waals surface area (Å²) in [6.45, 7) is 3.68. The van der Waals surface area contributed by atoms with Crippen LogP contribution in [0.1, 0.15) is 30.5 Å². The molecule has 0 amide bonds. The van der Waals surface area contributed by atoms with Gasteiger partial charge in [0, 0.05) is 17.2 Å². The van der Waals surface area contributed by atoms with E-state index < -0.39 is 17.6 Å². The number of fused-ring (bicyclic) bond motifs is 1. The normalized spacial score (nSPS) is 14.4. The van der Waals surface area contributed by atoms with Gasteiger partial charge in [-0.1, -0.05) is 18.2 Å². The molecule has 0 fully saturated rings. The third-order valence-electron chi connectivity index (χ3n) is 4.18. The summed E-state index contributed by atoms with van der Waals surface area (Å²) in [5.41, 5.74) is -0.416. The molecule has 27 heavy (non-hydrogen) atoms. The van der Waals surface area contributed by atoms with E-state index in [1.807, 2.05) is 13.8 Å². The van der Waals surface area contributed by atoms with Gasteiger partial charge in [-0.2, -0.15) is 13.2 Å². The number of hydrazine groups is 1. The lowest BCUT2D eigenvalue weighted by Crippen LogP contribution is -2.44. The SMILES string of the molecule is CC(C)N(N)C1=Nc2ccc(F)cc2C(c2ccccc2C(F)(F)F)=NC1. The summed E-state index contributed by atoms with van der Waals surface area (Å²) in [4.78, 5) is 8.76. The first-order valence-corrected chi connectivity index (χ1v) is 8.31. The Kier molecular flexibility index (Phi) is 5.01. The van der Waals surface area contributed by atoms with Gasteiger partial charge in [0.1, 0.15) is 11.7 Å². The van der Waals surface area contributed by atoms with Gasteiger partial charge in [-0.3, -0.25) is 10.0 Å². The maximum atomic E-state index is 13.9. The van der Waals surface area contributed by atoms with Crippen LogP contribution in [0.15, 0.2) is 52.4 Å². The van der Waals surface area contributed by atoms with Crippen molar-refractivity contribution in [3.63, 3.8) is 0 Å². The second-order valence-electron chi connectivity index (χ2n) is 6.40. The van der Waals surface area contributed by atoms with Crippen LogP contribution in [0, 0.1) is 5.82 Å². The Labute approximate surface area is 154 Å². The zero-order valence-corrected chi connectivity index (χ0v) is 14.8. The van der Waals surface area contributed by atoms with Crippen molar-refractivity contribution in [3.8, 4) is 0 Å². The lowest BCUT2D eigenvalue weighted by atomic mass is 9.96. The van der Waals surface area contributed by atoms with Crippen LogP contribution in [0.3, 0.4) is 0 Å². The van der Waals surface area contributed by atoms with Crippen LogP contribution in [-0.4, -0.2) is 29.1 Å². The minimum atomic E-state index is -4.57. The first-order chi connectivity index (χ1) is 12.7. The fourth-order valence-electron chi connectivity index (χ4n) is 2.81. The maximum Gasteiger partial charge on any atom is 0.417 e. The molecule has 0 spiro atoms. The number of hydrogen-bond acceptors (Lipinski definition) is 4. The highest BCUT2D eigenvalue weighted by Crippen LogP contribution is 2.35. The zero-order chi connectivity index (χ0) is 19.8. The number of rotatable bonds is 2. The van der Waals surface area contributed by atoms with Crippen molar-refractivity contribution in [2.75, 3.05) is 6.54 Å². The second-order valence-corrected chi connectivity index (χ2v) is 6.40. The lowest BCUT2D eigenvalue weighted by Gasteiger charge is -2.23. The van der Waals surface area contributed by atoms with Crippen LogP contribution in [0.2, 0.25) is 0 Å². The average molecular weight is 378 g/mol. The lowest BCUT2D eigenvalue weighted by molar-refractivity contribution is -0.137. The summed E-state index contributed by atoms with van der Waals surface area (Å²) in [6.07, 6.45) is -4.57. The molecule has 1 heterocycles. The zero-order valence-electron chi connectivity index (χ0n) is 14.8. The number of halogens is 4. The minimum Gasteiger partial charge on any atom is -0.294 e. The fraction of sp³-hybridized carbons (Fsp3) is 0.263. The largest absolute Gasteiger partial charge is 0.417 e. The molecule has 142 valence electrons. The van der Waals surface area contributed by atoms with E-state index in [1.165, 1.54) is 35.3 Å². The summed E-state index contributed by atoms with van der Waals surface area (Å²) < 4.78 is 54.3. The number of amidine groups is 1. The van der Waals surface area contributed by atoms with Crippen LogP contribution in [0.5, 0.6) is 0 Å². The Bertz CT molecular complexity index is 916. The van der Waals surface area contributed by atoms with Gasteiger partial charge < -0.3 is 0 Å². The van der Waals surface area contributed by atoms with Gasteiger partial charge in [-0.05, 0) is 38.1 Å². The molecule has 1 aliphatic heterocycles. The molecule has 2 aromatic carbocycles. The molecule has 3 rings (SSSR count). The first-order valence-electron chi connectivity index (χ1n) is 8.31. The average Bonchev–Trinajstić information content (AvgIpc) is 2.79. The molecule has 0 radical (unpaired) electrons. The molecule has 0 aromatic heterocycles. The smallest absolute Gasteiger partial charge is 0.294 e. The van der Waals surface area contributed by atoms with Gasteiger partial charge >= 0.3 is 6.18 Å². The summed E-state index contributed by atoms with van der Waals surface area (Å²) >= 11 is 0. The highest BCUT2D eigenvalue weighted by molar-refractivity contribution is 6.18. The van der Waals surface area contributed by atoms with E-state index in [-0.39, 0.29) is 29.4 Å². The van der Waals surface area contributed by atoms with E-state index in [1.54, 1.807) is 0 Å². The van der Waals surface area contributed by atoms with Crippen LogP contribution in [0.4, 0.5) is 23.2 Å². The monoisotopic (exact) mass is 378 g/mol. The third-order valence-corrected chi connectivity index (χ3v) is 4.18. The topological polar surface area (TPSA) is 54.0 Å². The maximum absolute atomic E-state index is 13.9. The first kappa shape index (κ1) is 19.0. The molecule has 0 atom stereocenters. The molecule has 1 aliphatic rings. The molecule has 0 unspecified atom stereocenters. The van der Waals surface area contributed by atoms with Gasteiger partial charge in [0.05, 0.1) is 23.5 Å². The van der Waals surface area contributed by atoms with Crippen LogP contribution >= 0.6 is 0 Å². The van der Waals surface area contributed by atoms with Crippen molar-refractivity contribution in [2.45, 2.75) is 26.1 Å². The van der Waals surface area contributed by atoms with Gasteiger partial charge in [0.15, 0.2) is 0 Å². The summed E-state index contributed by atoms with van der Waals surface area (Å²) in [5, 5.41) is 1.40. The van der Waals surface area contributed by atoms with E-state index in [9.17, 15) is 17.6 Å². The molecule has 2 N–H and O–H groups in total. The van der Waals surface area contributed by atoms with E-state index in [0.717, 1.165) is 12.1 Å². The predicted molar refractivity (Wildman–Crippen MR) is 96.6 cm³/mol. The fourth-order valence-corrected chi connectivity index (χ4v) is 2.81. The van der Waals surface area contributed by atoms with Crippen molar-refractivity contribution in [1.29, 1.82) is 0 Å². The molecular formula is C19H18F4N4. The Balaban J connectivity index is 2.22. The molecule has 2 aromatic rings. The molecule has 0 aliphatic carbocycles. The Morgan fingerprint density at radius 2 is 1.78 bits per heavy atom. The number of benzene rings is 2. The van der Waals surface area contributed by atoms with Crippen molar-refractivity contribution in [2.24, 2.45) is 15.8 Å². The van der Waals surface area contributed by atoms with Crippen molar-refractivity contribution < 1.29 is 17.6 Å². The molecule has 0 saturated heterocycles. The minimum absolute atomic E-state index is 0.0213. The van der Waals surface area contributed by atoms with E-state index >= 15 is 0 Å². The molecular weight excluding hydrogens is 360 g/mol. The van der Waals surface area contributed by atoms with Crippen molar-refractivity contribution in [1.82, 2.24) is 5.01 Å². The predicted octanol–water partition coefficient (Wildman–Crippen LogP) is 4.31. The van der Waals surface area contributed by atoms with Crippen molar-refractivity contribution in [3.05, 3.63) is 65.0 Å². The highest BCUT2D eigenvalue weighted by atomic mass is 19.4. The van der Waals surface area contributed by atoms with Gasteiger partial charge in [-0.15, -0.1) is 0 Å². The number of hydrogen-bond donors (Lipinski definition) is 1. The second kappa shape index (κ2) is 7.11. The quantitative estimate of drug-likeness (QED) is 0.481. The Morgan fingerprint density at radius 3 is 2.44 bits per heavy atom. The van der Waals surface area contributed by atoms with Crippen molar-refractivity contribution >= 4 is 17.2 Å². The summed E-state index contributed by atoms with van der Waals surface area (Å²) in [5.74, 6) is 5.81. The number of nitrogens with zero attached hydrogens (tertiary/aromatic N) is 3. The summed E-state index contributed by atoms with van der Waals surface area (Å²) in [6, 6.07) is 8.76. The third kappa shape index (κ3) is 3.85. The van der Waals surface area contributed by atoms with Crippen LogP contribution < -0.4 is 5.84 Å². The number of nitrogens with two attached hydrogens (primary N) is 1. The Hall–Kier alpha value is -2.74. The molecule has 8 heteroatoms. The van der Waals surface area contributed by atoms with Gasteiger partial charge in [-0.25, -0.2) is 15.2 Å². The van der Waals surface area contributed by atoms with Crippen LogP contribution in [0.25, 0.3) is 0 Å². The number of aliphatic imine (C=N–C) groups is 2. The van der Waals surface area contributed by atoms with E-state index in [4.69, 9.17) is 5.84 Å². The number of alkyl halides is 3. The molecule has 4 nitrogen and oxygen atoms in total. The highest BCUT2D eigenvalue weighted by Gasteiger charge is 2.35. The Morgan fingerprint density at radius 1 is 1.07 bits per heavy atom. The van der Waals surface area contributed by atoms with Gasteiger partial charge in [0.2, 0.25) is 0 Å². The molecule has 0 saturated carbocycles. The van der Waals surface area contributed by atoms with Crippen LogP contribution in [-0.2, 0) is 6.18 Å². The van der Waals surface area contributed by atoms with E-state index in [2.05, 4.69) is 9.98 Å².